The summed E-state index contributed by atoms with van der Waals surface area (Å²) in [6.45, 7) is 8.56. The number of pyridine rings is 1. The van der Waals surface area contributed by atoms with Crippen LogP contribution < -0.4 is 26.0 Å². The highest BCUT2D eigenvalue weighted by Gasteiger charge is 2.22. The van der Waals surface area contributed by atoms with E-state index in [1.807, 2.05) is 79.7 Å². The predicted molar refractivity (Wildman–Crippen MR) is 170 cm³/mol. The number of hydrogen-bond donors (Lipinski definition) is 4. The molecule has 10 nitrogen and oxygen atoms in total. The highest BCUT2D eigenvalue weighted by atomic mass is 16.5. The summed E-state index contributed by atoms with van der Waals surface area (Å²) in [4.78, 5) is 29.1. The molecule has 0 bridgehead atoms. The first-order chi connectivity index (χ1) is 20.6. The molecular formula is C33H35N7O3. The van der Waals surface area contributed by atoms with Crippen LogP contribution in [0.25, 0.3) is 16.5 Å². The third-order valence-corrected chi connectivity index (χ3v) is 6.82. The predicted octanol–water partition coefficient (Wildman–Crippen LogP) is 7.00. The molecule has 3 aromatic carbocycles. The molecule has 5 aromatic rings. The Labute approximate surface area is 250 Å². The Hall–Kier alpha value is -5.38. The van der Waals surface area contributed by atoms with Gasteiger partial charge in [0.15, 0.2) is 0 Å². The summed E-state index contributed by atoms with van der Waals surface area (Å²) in [5.74, 6) is 1.65. The van der Waals surface area contributed by atoms with Crippen LogP contribution in [0.1, 0.15) is 37.6 Å². The van der Waals surface area contributed by atoms with Gasteiger partial charge in [-0.05, 0) is 48.9 Å². The summed E-state index contributed by atoms with van der Waals surface area (Å²) in [5, 5.41) is 17.6. The molecule has 0 unspecified atom stereocenters. The molecule has 4 N–H and O–H groups in total. The van der Waals surface area contributed by atoms with Gasteiger partial charge in [-0.25, -0.2) is 19.3 Å². The Morgan fingerprint density at radius 1 is 0.860 bits per heavy atom. The molecule has 2 heterocycles. The number of benzene rings is 3. The number of nitrogens with zero attached hydrogens (tertiary/aromatic N) is 3. The molecular weight excluding hydrogens is 542 g/mol. The van der Waals surface area contributed by atoms with Crippen molar-refractivity contribution in [2.24, 2.45) is 0 Å². The smallest absolute Gasteiger partial charge is 0.324 e. The molecule has 0 saturated heterocycles. The van der Waals surface area contributed by atoms with Crippen molar-refractivity contribution in [2.75, 3.05) is 23.0 Å². The number of ether oxygens (including phenoxy) is 1. The third kappa shape index (κ3) is 6.92. The van der Waals surface area contributed by atoms with Gasteiger partial charge in [-0.15, -0.1) is 0 Å². The molecule has 220 valence electrons. The fourth-order valence-corrected chi connectivity index (χ4v) is 4.47. The fraction of sp³-hybridized carbons (Fsp3) is 0.212. The lowest BCUT2D eigenvalue weighted by atomic mass is 9.92. The van der Waals surface area contributed by atoms with Crippen molar-refractivity contribution < 1.29 is 14.3 Å². The van der Waals surface area contributed by atoms with Crippen molar-refractivity contribution >= 4 is 40.2 Å². The maximum absolute atomic E-state index is 13.3. The van der Waals surface area contributed by atoms with Gasteiger partial charge < -0.3 is 15.4 Å². The number of carbonyl (C=O) groups is 2. The highest BCUT2D eigenvalue weighted by molar-refractivity contribution is 6.07. The molecule has 43 heavy (non-hydrogen) atoms. The second-order valence-corrected chi connectivity index (χ2v) is 11.2. The Kier molecular flexibility index (Phi) is 8.29. The van der Waals surface area contributed by atoms with Crippen LogP contribution in [0.2, 0.25) is 0 Å². The fourth-order valence-electron chi connectivity index (χ4n) is 4.47. The van der Waals surface area contributed by atoms with E-state index in [4.69, 9.17) is 9.84 Å². The van der Waals surface area contributed by atoms with Gasteiger partial charge in [-0.2, -0.15) is 5.10 Å². The zero-order chi connectivity index (χ0) is 30.6. The van der Waals surface area contributed by atoms with Crippen LogP contribution in [0.5, 0.6) is 5.75 Å². The number of aryl methyl sites for hydroxylation is 1. The Morgan fingerprint density at radius 3 is 2.33 bits per heavy atom. The highest BCUT2D eigenvalue weighted by Crippen LogP contribution is 2.33. The molecule has 0 fully saturated rings. The molecule has 0 spiro atoms. The summed E-state index contributed by atoms with van der Waals surface area (Å²) in [5.41, 5.74) is 4.14. The van der Waals surface area contributed by atoms with Gasteiger partial charge in [0.25, 0.3) is 0 Å². The van der Waals surface area contributed by atoms with Crippen LogP contribution in [0, 0.1) is 6.92 Å². The van der Waals surface area contributed by atoms with Crippen molar-refractivity contribution in [3.8, 4) is 11.4 Å². The van der Waals surface area contributed by atoms with Crippen molar-refractivity contribution in [3.63, 3.8) is 0 Å². The number of hydrogen-bond acceptors (Lipinski definition) is 5. The van der Waals surface area contributed by atoms with Crippen molar-refractivity contribution in [2.45, 2.75) is 39.7 Å². The van der Waals surface area contributed by atoms with Gasteiger partial charge in [-0.3, -0.25) is 10.6 Å². The zero-order valence-corrected chi connectivity index (χ0v) is 24.9. The lowest BCUT2D eigenvalue weighted by Crippen LogP contribution is -2.25. The van der Waals surface area contributed by atoms with E-state index in [1.165, 1.54) is 0 Å². The summed E-state index contributed by atoms with van der Waals surface area (Å²) >= 11 is 0. The molecule has 0 saturated carbocycles. The van der Waals surface area contributed by atoms with E-state index in [0.717, 1.165) is 33.3 Å². The summed E-state index contributed by atoms with van der Waals surface area (Å²) in [7, 11) is 1.54. The van der Waals surface area contributed by atoms with E-state index < -0.39 is 0 Å². The monoisotopic (exact) mass is 577 g/mol. The zero-order valence-electron chi connectivity index (χ0n) is 24.9. The van der Waals surface area contributed by atoms with Crippen molar-refractivity contribution in [1.82, 2.24) is 20.1 Å². The van der Waals surface area contributed by atoms with Crippen LogP contribution in [-0.2, 0) is 12.0 Å². The van der Waals surface area contributed by atoms with Crippen LogP contribution in [0.15, 0.2) is 85.1 Å². The number of rotatable bonds is 7. The second kappa shape index (κ2) is 12.2. The number of nitrogens with one attached hydrogen (secondary N) is 4. The first kappa shape index (κ1) is 29.1. The van der Waals surface area contributed by atoms with Gasteiger partial charge >= 0.3 is 12.1 Å². The minimum atomic E-state index is -0.388. The molecule has 5 rings (SSSR count). The SMILES string of the molecule is CNC(=O)Nc1cc(COc2ccc(NC(=O)Nc3cc(C(C)(C)C)nn3-c3ccc(C)cc3)c3ccccc23)ccn1. The largest absolute Gasteiger partial charge is 0.488 e. The van der Waals surface area contributed by atoms with E-state index in [9.17, 15) is 9.59 Å². The lowest BCUT2D eigenvalue weighted by Gasteiger charge is -2.15. The Bertz CT molecular complexity index is 1770. The molecule has 2 aromatic heterocycles. The maximum Gasteiger partial charge on any atom is 0.324 e. The van der Waals surface area contributed by atoms with Gasteiger partial charge in [-0.1, -0.05) is 62.7 Å². The molecule has 0 aliphatic rings. The quantitative estimate of drug-likeness (QED) is 0.166. The average molecular weight is 578 g/mol. The third-order valence-electron chi connectivity index (χ3n) is 6.82. The molecule has 0 aliphatic carbocycles. The van der Waals surface area contributed by atoms with Crippen LogP contribution in [0.3, 0.4) is 0 Å². The maximum atomic E-state index is 13.3. The molecule has 0 atom stereocenters. The number of fused-ring (bicyclic) bond motifs is 1. The first-order valence-electron chi connectivity index (χ1n) is 13.9. The summed E-state index contributed by atoms with van der Waals surface area (Å²) in [6, 6.07) is 24.1. The van der Waals surface area contributed by atoms with E-state index in [-0.39, 0.29) is 24.1 Å². The van der Waals surface area contributed by atoms with Gasteiger partial charge in [0.05, 0.1) is 17.1 Å². The molecule has 4 amide bonds. The summed E-state index contributed by atoms with van der Waals surface area (Å²) in [6.07, 6.45) is 1.61. The number of aromatic nitrogens is 3. The van der Waals surface area contributed by atoms with E-state index in [0.29, 0.717) is 23.1 Å². The summed E-state index contributed by atoms with van der Waals surface area (Å²) < 4.78 is 7.91. The molecule has 10 heteroatoms. The number of urea groups is 2. The minimum absolute atomic E-state index is 0.201. The normalized spacial score (nSPS) is 11.2. The van der Waals surface area contributed by atoms with Crippen molar-refractivity contribution in [3.05, 3.63) is 102 Å². The minimum Gasteiger partial charge on any atom is -0.488 e. The average Bonchev–Trinajstić information content (AvgIpc) is 3.41. The second-order valence-electron chi connectivity index (χ2n) is 11.2. The first-order valence-corrected chi connectivity index (χ1v) is 13.9. The number of anilines is 3. The van der Waals surface area contributed by atoms with E-state index >= 15 is 0 Å². The Balaban J connectivity index is 1.35. The number of amides is 4. The van der Waals surface area contributed by atoms with Crippen LogP contribution in [0.4, 0.5) is 26.9 Å². The molecule has 0 aliphatic heterocycles. The standard InChI is InChI=1S/C33H35N7O3/c1-21-10-12-23(13-11-21)40-30(19-28(39-40)33(2,3)4)38-32(42)36-26-14-15-27(25-9-7-6-8-24(25)26)43-20-22-16-17-35-29(18-22)37-31(41)34-5/h6-19H,20H2,1-5H3,(H2,36,38,42)(H2,34,35,37,41). The van der Waals surface area contributed by atoms with Crippen molar-refractivity contribution in [1.29, 1.82) is 0 Å². The van der Waals surface area contributed by atoms with Gasteiger partial charge in [0, 0.05) is 35.5 Å². The van der Waals surface area contributed by atoms with Gasteiger partial charge in [0.1, 0.15) is 24.0 Å². The van der Waals surface area contributed by atoms with E-state index in [2.05, 4.69) is 47.0 Å². The van der Waals surface area contributed by atoms with Crippen LogP contribution in [-0.4, -0.2) is 33.9 Å². The Morgan fingerprint density at radius 2 is 1.60 bits per heavy atom. The topological polar surface area (TPSA) is 122 Å². The lowest BCUT2D eigenvalue weighted by molar-refractivity contribution is 0.253. The van der Waals surface area contributed by atoms with Gasteiger partial charge in [0.2, 0.25) is 0 Å². The van der Waals surface area contributed by atoms with Crippen LogP contribution >= 0.6 is 0 Å². The van der Waals surface area contributed by atoms with E-state index in [1.54, 1.807) is 24.0 Å². The number of carbonyl (C=O) groups excluding carboxylic acids is 2. The molecule has 0 radical (unpaired) electrons.